The zero-order valence-corrected chi connectivity index (χ0v) is 17.9. The maximum atomic E-state index is 13.4. The minimum absolute atomic E-state index is 0.100. The number of aromatic nitrogens is 2. The average Bonchev–Trinajstić information content (AvgIpc) is 3.18. The van der Waals surface area contributed by atoms with Gasteiger partial charge in [-0.1, -0.05) is 12.1 Å². The SMILES string of the molecule is COc1ccc(CN2C[C@H](C)N(c3cnn4c3CN(C(=O)O)[C@@H](C)C4)S2(=O)=O)cc1. The van der Waals surface area contributed by atoms with Crippen molar-refractivity contribution in [2.24, 2.45) is 0 Å². The van der Waals surface area contributed by atoms with Crippen LogP contribution in [0.1, 0.15) is 25.1 Å². The van der Waals surface area contributed by atoms with Crippen LogP contribution in [-0.2, 0) is 29.8 Å². The van der Waals surface area contributed by atoms with Crippen LogP contribution in [0.2, 0.25) is 0 Å². The van der Waals surface area contributed by atoms with Crippen LogP contribution in [-0.4, -0.2) is 64.3 Å². The van der Waals surface area contributed by atoms with Crippen molar-refractivity contribution in [3.63, 3.8) is 0 Å². The van der Waals surface area contributed by atoms with Crippen LogP contribution >= 0.6 is 0 Å². The highest BCUT2D eigenvalue weighted by atomic mass is 32.2. The molecule has 1 aromatic carbocycles. The summed E-state index contributed by atoms with van der Waals surface area (Å²) in [7, 11) is -2.20. The lowest BCUT2D eigenvalue weighted by Gasteiger charge is -2.33. The Bertz CT molecular complexity index is 1050. The van der Waals surface area contributed by atoms with Gasteiger partial charge >= 0.3 is 16.3 Å². The number of rotatable bonds is 4. The molecule has 0 aliphatic carbocycles. The molecule has 3 heterocycles. The number of ether oxygens (including phenoxy) is 1. The monoisotopic (exact) mass is 435 g/mol. The largest absolute Gasteiger partial charge is 0.497 e. The van der Waals surface area contributed by atoms with Gasteiger partial charge in [-0.3, -0.25) is 9.58 Å². The van der Waals surface area contributed by atoms with Gasteiger partial charge in [-0.2, -0.15) is 17.8 Å². The maximum Gasteiger partial charge on any atom is 0.407 e. The first-order valence-corrected chi connectivity index (χ1v) is 11.1. The summed E-state index contributed by atoms with van der Waals surface area (Å²) in [6.45, 7) is 4.72. The molecule has 1 saturated heterocycles. The van der Waals surface area contributed by atoms with Crippen molar-refractivity contribution in [1.29, 1.82) is 0 Å². The number of hydrogen-bond acceptors (Lipinski definition) is 5. The fourth-order valence-electron chi connectivity index (χ4n) is 4.08. The van der Waals surface area contributed by atoms with Gasteiger partial charge in [-0.15, -0.1) is 0 Å². The highest BCUT2D eigenvalue weighted by Gasteiger charge is 2.44. The van der Waals surface area contributed by atoms with E-state index in [1.54, 1.807) is 23.9 Å². The normalized spacial score (nSPS) is 23.4. The predicted octanol–water partition coefficient (Wildman–Crippen LogP) is 1.73. The molecule has 0 bridgehead atoms. The lowest BCUT2D eigenvalue weighted by Crippen LogP contribution is -2.45. The molecular formula is C19H25N5O5S. The molecule has 30 heavy (non-hydrogen) atoms. The minimum Gasteiger partial charge on any atom is -0.497 e. The Morgan fingerprint density at radius 1 is 1.20 bits per heavy atom. The van der Waals surface area contributed by atoms with Crippen LogP contribution in [0.4, 0.5) is 10.5 Å². The molecule has 4 rings (SSSR count). The summed E-state index contributed by atoms with van der Waals surface area (Å²) in [5.74, 6) is 0.710. The third-order valence-corrected chi connectivity index (χ3v) is 7.64. The lowest BCUT2D eigenvalue weighted by atomic mass is 10.2. The average molecular weight is 436 g/mol. The first kappa shape index (κ1) is 20.5. The molecule has 1 N–H and O–H groups in total. The Hall–Kier alpha value is -2.79. The molecular weight excluding hydrogens is 410 g/mol. The van der Waals surface area contributed by atoms with Crippen molar-refractivity contribution in [3.8, 4) is 5.75 Å². The van der Waals surface area contributed by atoms with Crippen LogP contribution in [0.15, 0.2) is 30.5 Å². The van der Waals surface area contributed by atoms with Gasteiger partial charge in [-0.05, 0) is 31.5 Å². The van der Waals surface area contributed by atoms with E-state index in [1.807, 2.05) is 26.0 Å². The van der Waals surface area contributed by atoms with Crippen LogP contribution in [0.5, 0.6) is 5.75 Å². The quantitative estimate of drug-likeness (QED) is 0.784. The van der Waals surface area contributed by atoms with E-state index >= 15 is 0 Å². The molecule has 162 valence electrons. The summed E-state index contributed by atoms with van der Waals surface area (Å²) in [4.78, 5) is 12.9. The summed E-state index contributed by atoms with van der Waals surface area (Å²) in [5.41, 5.74) is 1.89. The fourth-order valence-corrected chi connectivity index (χ4v) is 5.97. The number of amides is 1. The third kappa shape index (κ3) is 3.37. The van der Waals surface area contributed by atoms with Gasteiger partial charge in [0.2, 0.25) is 0 Å². The number of benzene rings is 1. The van der Waals surface area contributed by atoms with E-state index in [4.69, 9.17) is 4.74 Å². The molecule has 1 fully saturated rings. The second-order valence-electron chi connectivity index (χ2n) is 7.71. The van der Waals surface area contributed by atoms with Gasteiger partial charge in [0.25, 0.3) is 0 Å². The topological polar surface area (TPSA) is 108 Å². The zero-order valence-electron chi connectivity index (χ0n) is 17.1. The Balaban J connectivity index is 1.62. The third-order valence-electron chi connectivity index (χ3n) is 5.66. The van der Waals surface area contributed by atoms with E-state index in [0.29, 0.717) is 30.2 Å². The number of fused-ring (bicyclic) bond motifs is 1. The molecule has 2 aliphatic heterocycles. The molecule has 10 nitrogen and oxygen atoms in total. The summed E-state index contributed by atoms with van der Waals surface area (Å²) in [5, 5.41) is 13.8. The van der Waals surface area contributed by atoms with E-state index in [9.17, 15) is 18.3 Å². The van der Waals surface area contributed by atoms with Crippen LogP contribution < -0.4 is 9.04 Å². The first-order valence-electron chi connectivity index (χ1n) is 9.69. The highest BCUT2D eigenvalue weighted by molar-refractivity contribution is 7.90. The van der Waals surface area contributed by atoms with E-state index < -0.39 is 16.3 Å². The summed E-state index contributed by atoms with van der Waals surface area (Å²) in [6.07, 6.45) is 0.498. The molecule has 0 radical (unpaired) electrons. The van der Waals surface area contributed by atoms with Crippen molar-refractivity contribution in [2.75, 3.05) is 18.0 Å². The molecule has 0 unspecified atom stereocenters. The number of methoxy groups -OCH3 is 1. The second-order valence-corrected chi connectivity index (χ2v) is 9.52. The Morgan fingerprint density at radius 3 is 2.53 bits per heavy atom. The minimum atomic E-state index is -3.78. The second kappa shape index (κ2) is 7.47. The van der Waals surface area contributed by atoms with E-state index in [2.05, 4.69) is 5.10 Å². The van der Waals surface area contributed by atoms with E-state index in [-0.39, 0.29) is 25.2 Å². The molecule has 11 heteroatoms. The standard InChI is InChI=1S/C19H25N5O5S/c1-13-10-23-18(12-22(13)19(25)26)17(8-20-23)24-14(2)9-21(30(24,27)28)11-15-4-6-16(29-3)7-5-15/h4-8,13-14H,9-12H2,1-3H3,(H,25,26)/t13-,14-/m0/s1. The molecule has 1 aromatic heterocycles. The van der Waals surface area contributed by atoms with E-state index in [1.165, 1.54) is 19.7 Å². The van der Waals surface area contributed by atoms with Gasteiger partial charge < -0.3 is 9.84 Å². The highest BCUT2D eigenvalue weighted by Crippen LogP contribution is 2.35. The molecule has 2 aliphatic rings. The summed E-state index contributed by atoms with van der Waals surface area (Å²) < 4.78 is 36.4. The molecule has 0 saturated carbocycles. The van der Waals surface area contributed by atoms with Crippen molar-refractivity contribution < 1.29 is 23.1 Å². The van der Waals surface area contributed by atoms with E-state index in [0.717, 1.165) is 5.56 Å². The van der Waals surface area contributed by atoms with Crippen molar-refractivity contribution >= 4 is 22.0 Å². The van der Waals surface area contributed by atoms with Crippen molar-refractivity contribution in [3.05, 3.63) is 41.7 Å². The molecule has 0 spiro atoms. The summed E-state index contributed by atoms with van der Waals surface area (Å²) in [6, 6.07) is 6.75. The fraction of sp³-hybridized carbons (Fsp3) is 0.474. The maximum absolute atomic E-state index is 13.4. The number of anilines is 1. The molecule has 2 aromatic rings. The lowest BCUT2D eigenvalue weighted by molar-refractivity contribution is 0.105. The first-order chi connectivity index (χ1) is 14.2. The Morgan fingerprint density at radius 2 is 1.90 bits per heavy atom. The Labute approximate surface area is 175 Å². The van der Waals surface area contributed by atoms with Crippen molar-refractivity contribution in [2.45, 2.75) is 45.6 Å². The van der Waals surface area contributed by atoms with Gasteiger partial charge in [0.15, 0.2) is 0 Å². The number of nitrogens with zero attached hydrogens (tertiary/aromatic N) is 5. The van der Waals surface area contributed by atoms with Crippen LogP contribution in [0.3, 0.4) is 0 Å². The number of hydrogen-bond donors (Lipinski definition) is 1. The molecule has 2 atom stereocenters. The predicted molar refractivity (Wildman–Crippen MR) is 110 cm³/mol. The number of carboxylic acid groups (broad SMARTS) is 1. The van der Waals surface area contributed by atoms with Gasteiger partial charge in [0, 0.05) is 13.1 Å². The van der Waals surface area contributed by atoms with Gasteiger partial charge in [-0.25, -0.2) is 9.10 Å². The Kier molecular flexibility index (Phi) is 5.10. The van der Waals surface area contributed by atoms with Gasteiger partial charge in [0.1, 0.15) is 5.75 Å². The molecule has 1 amide bonds. The van der Waals surface area contributed by atoms with Crippen molar-refractivity contribution in [1.82, 2.24) is 19.0 Å². The zero-order chi connectivity index (χ0) is 21.6. The van der Waals surface area contributed by atoms with Crippen LogP contribution in [0, 0.1) is 0 Å². The number of carbonyl (C=O) groups is 1. The smallest absolute Gasteiger partial charge is 0.407 e. The van der Waals surface area contributed by atoms with Crippen LogP contribution in [0.25, 0.3) is 0 Å². The van der Waals surface area contributed by atoms with Gasteiger partial charge in [0.05, 0.1) is 49.9 Å². The summed E-state index contributed by atoms with van der Waals surface area (Å²) >= 11 is 0.